The first kappa shape index (κ1) is 28.5. The number of aromatic hydroxyl groups is 8. The van der Waals surface area contributed by atoms with Crippen molar-refractivity contribution in [3.8, 4) is 51.7 Å². The van der Waals surface area contributed by atoms with E-state index in [-0.39, 0.29) is 28.6 Å². The first-order valence-corrected chi connectivity index (χ1v) is 9.78. The summed E-state index contributed by atoms with van der Waals surface area (Å²) in [4.78, 5) is 12.9. The zero-order valence-corrected chi connectivity index (χ0v) is 18.4. The average Bonchev–Trinajstić information content (AvgIpc) is 2.82. The molecule has 1 heterocycles. The number of phenols is 8. The molecule has 0 fully saturated rings. The lowest BCUT2D eigenvalue weighted by Gasteiger charge is -2.17. The highest BCUT2D eigenvalue weighted by atomic mass is 19.3. The van der Waals surface area contributed by atoms with E-state index in [2.05, 4.69) is 4.94 Å². The second-order valence-corrected chi connectivity index (χ2v) is 6.72. The van der Waals surface area contributed by atoms with Crippen molar-refractivity contribution in [2.45, 2.75) is 12.8 Å². The molecule has 0 aromatic heterocycles. The molecule has 4 rings (SSSR count). The fraction of sp³-hybridized carbons (Fsp3) is 0.174. The van der Waals surface area contributed by atoms with E-state index >= 15 is 0 Å². The summed E-state index contributed by atoms with van der Waals surface area (Å²) in [6.07, 6.45) is 2.20. The van der Waals surface area contributed by atoms with Crippen molar-refractivity contribution in [2.24, 2.45) is 0 Å². The van der Waals surface area contributed by atoms with Crippen LogP contribution in [0.3, 0.4) is 0 Å². The van der Waals surface area contributed by atoms with Crippen LogP contribution in [0.2, 0.25) is 0 Å². The van der Waals surface area contributed by atoms with Gasteiger partial charge in [0.25, 0.3) is 0 Å². The minimum absolute atomic E-state index is 0.0492. The zero-order valence-electron chi connectivity index (χ0n) is 18.4. The van der Waals surface area contributed by atoms with Gasteiger partial charge in [0.1, 0.15) is 23.5 Å². The van der Waals surface area contributed by atoms with Gasteiger partial charge in [-0.2, -0.15) is 4.94 Å². The molecule has 35 heavy (non-hydrogen) atoms. The molecule has 12 heteroatoms. The predicted molar refractivity (Wildman–Crippen MR) is 120 cm³/mol. The van der Waals surface area contributed by atoms with Crippen molar-refractivity contribution in [1.29, 1.82) is 0 Å². The molecular formula is C23H25FO11. The molecule has 1 aliphatic heterocycles. The summed E-state index contributed by atoms with van der Waals surface area (Å²) < 4.78 is 15.1. The van der Waals surface area contributed by atoms with Crippen molar-refractivity contribution in [3.63, 3.8) is 0 Å². The molecule has 0 saturated heterocycles. The lowest BCUT2D eigenvalue weighted by Crippen LogP contribution is -2.07. The van der Waals surface area contributed by atoms with Gasteiger partial charge in [-0.3, -0.25) is 4.79 Å². The lowest BCUT2D eigenvalue weighted by molar-refractivity contribution is -0.0960. The largest absolute Gasteiger partial charge is 0.508 e. The van der Waals surface area contributed by atoms with Gasteiger partial charge >= 0.3 is 0 Å². The molecule has 11 nitrogen and oxygen atoms in total. The molecule has 1 aliphatic rings. The number of ether oxygens (including phenoxy) is 1. The maximum atomic E-state index is 10.1. The van der Waals surface area contributed by atoms with Gasteiger partial charge in [-0.1, -0.05) is 6.07 Å². The number of hydrogen-bond donors (Lipinski definition) is 8. The van der Waals surface area contributed by atoms with E-state index in [1.165, 1.54) is 30.3 Å². The minimum Gasteiger partial charge on any atom is -0.508 e. The lowest BCUT2D eigenvalue weighted by atomic mass is 10.1. The fourth-order valence-electron chi connectivity index (χ4n) is 2.64. The summed E-state index contributed by atoms with van der Waals surface area (Å²) in [6.45, 7) is 0.663. The van der Waals surface area contributed by atoms with Crippen molar-refractivity contribution in [2.75, 3.05) is 13.7 Å². The van der Waals surface area contributed by atoms with Crippen LogP contribution in [-0.4, -0.2) is 60.9 Å². The van der Waals surface area contributed by atoms with E-state index in [1.807, 2.05) is 0 Å². The number of benzene rings is 3. The summed E-state index contributed by atoms with van der Waals surface area (Å²) in [5.41, 5.74) is 0.914. The highest BCUT2D eigenvalue weighted by molar-refractivity contribution is 5.78. The Bertz CT molecular complexity index is 1080. The Kier molecular flexibility index (Phi) is 11.3. The fourth-order valence-corrected chi connectivity index (χ4v) is 2.64. The van der Waals surface area contributed by atoms with E-state index in [1.54, 1.807) is 0 Å². The molecule has 3 aromatic rings. The van der Waals surface area contributed by atoms with Crippen molar-refractivity contribution < 1.29 is 59.9 Å². The molecule has 0 radical (unpaired) electrons. The number of hydrogen-bond acceptors (Lipinski definition) is 11. The second-order valence-electron chi connectivity index (χ2n) is 6.72. The monoisotopic (exact) mass is 496 g/mol. The highest BCUT2D eigenvalue weighted by Gasteiger charge is 2.15. The van der Waals surface area contributed by atoms with Crippen molar-refractivity contribution >= 4 is 6.29 Å². The van der Waals surface area contributed by atoms with Crippen LogP contribution < -0.4 is 4.74 Å². The van der Waals surface area contributed by atoms with Gasteiger partial charge in [0.05, 0.1) is 13.7 Å². The van der Waals surface area contributed by atoms with E-state index in [0.717, 1.165) is 37.6 Å². The summed E-state index contributed by atoms with van der Waals surface area (Å²) in [6, 6.07) is 9.00. The van der Waals surface area contributed by atoms with Crippen LogP contribution in [0.4, 0.5) is 4.53 Å². The van der Waals surface area contributed by atoms with Crippen LogP contribution in [0.5, 0.6) is 51.7 Å². The first-order chi connectivity index (χ1) is 16.5. The van der Waals surface area contributed by atoms with Gasteiger partial charge in [-0.05, 0) is 41.6 Å². The number of phenolic OH excluding ortho intramolecular Hbond substituents is 8. The Morgan fingerprint density at radius 1 is 0.829 bits per heavy atom. The number of para-hydroxylation sites is 1. The average molecular weight is 496 g/mol. The topological polar surface area (TPSA) is 197 Å². The van der Waals surface area contributed by atoms with E-state index < -0.39 is 23.0 Å². The molecule has 0 atom stereocenters. The number of carbonyl (C=O) groups excluding carboxylic acids is 1. The summed E-state index contributed by atoms with van der Waals surface area (Å²) >= 11 is 0. The standard InChI is InChI=1S/C9H10O3.C7H6O4.C6H6O3.CH3FO/c10-6-4-8(11)7-2-1-3-12-9(7)5-6;8-3-4-1-5(9)7(11)6(10)2-4;7-4-2-1-3-5(8)6(4)9;1-3-2/h4-5,10-11H,1-3H2;1-3,9-11H;1-3,7-9H;1H3. The third-order valence-electron chi connectivity index (χ3n) is 4.22. The van der Waals surface area contributed by atoms with Crippen LogP contribution >= 0.6 is 0 Å². The van der Waals surface area contributed by atoms with Gasteiger partial charge in [0.2, 0.25) is 0 Å². The molecule has 0 spiro atoms. The van der Waals surface area contributed by atoms with E-state index in [0.29, 0.717) is 18.6 Å². The number of carbonyl (C=O) groups is 1. The summed E-state index contributed by atoms with van der Waals surface area (Å²) in [5, 5.41) is 71.1. The number of halogens is 1. The summed E-state index contributed by atoms with van der Waals surface area (Å²) in [5.74, 6) is -1.94. The Morgan fingerprint density at radius 3 is 1.83 bits per heavy atom. The Balaban J connectivity index is 0.000000251. The number of aldehydes is 1. The normalized spacial score (nSPS) is 11.0. The zero-order chi connectivity index (χ0) is 26.5. The molecule has 0 bridgehead atoms. The van der Waals surface area contributed by atoms with E-state index in [4.69, 9.17) is 40.5 Å². The van der Waals surface area contributed by atoms with Crippen LogP contribution in [-0.2, 0) is 11.4 Å². The number of rotatable bonds is 1. The maximum Gasteiger partial charge on any atom is 0.200 e. The van der Waals surface area contributed by atoms with Crippen molar-refractivity contribution in [3.05, 3.63) is 53.6 Å². The molecule has 0 aliphatic carbocycles. The minimum atomic E-state index is -0.615. The molecule has 3 aromatic carbocycles. The van der Waals surface area contributed by atoms with Crippen LogP contribution in [0.15, 0.2) is 42.5 Å². The molecule has 190 valence electrons. The Hall–Kier alpha value is -4.58. The Morgan fingerprint density at radius 2 is 1.34 bits per heavy atom. The van der Waals surface area contributed by atoms with Gasteiger partial charge < -0.3 is 45.6 Å². The number of fused-ring (bicyclic) bond motifs is 1. The molecule has 0 saturated carbocycles. The quantitative estimate of drug-likeness (QED) is 0.182. The van der Waals surface area contributed by atoms with Crippen LogP contribution in [0.1, 0.15) is 22.3 Å². The molecular weight excluding hydrogens is 471 g/mol. The van der Waals surface area contributed by atoms with Gasteiger partial charge in [0, 0.05) is 23.3 Å². The van der Waals surface area contributed by atoms with Gasteiger partial charge in [-0.15, -0.1) is 0 Å². The third kappa shape index (κ3) is 8.70. The third-order valence-corrected chi connectivity index (χ3v) is 4.22. The van der Waals surface area contributed by atoms with Gasteiger partial charge in [-0.25, -0.2) is 0 Å². The van der Waals surface area contributed by atoms with Gasteiger partial charge in [0.15, 0.2) is 34.5 Å². The second kappa shape index (κ2) is 13.9. The highest BCUT2D eigenvalue weighted by Crippen LogP contribution is 2.36. The molecule has 0 unspecified atom stereocenters. The molecule has 0 amide bonds. The van der Waals surface area contributed by atoms with Crippen LogP contribution in [0.25, 0.3) is 0 Å². The summed E-state index contributed by atoms with van der Waals surface area (Å²) in [7, 11) is 0.958. The van der Waals surface area contributed by atoms with Crippen molar-refractivity contribution in [1.82, 2.24) is 0 Å². The Labute approximate surface area is 198 Å². The SMILES string of the molecule is COF.O=Cc1cc(O)c(O)c(O)c1.Oc1cc(O)c2c(c1)OCCC2.Oc1cccc(O)c1O. The molecule has 8 N–H and O–H groups in total. The van der Waals surface area contributed by atoms with Crippen LogP contribution in [0, 0.1) is 0 Å². The first-order valence-electron chi connectivity index (χ1n) is 9.78. The van der Waals surface area contributed by atoms with E-state index in [9.17, 15) is 14.4 Å². The maximum absolute atomic E-state index is 10.1. The smallest absolute Gasteiger partial charge is 0.200 e. The predicted octanol–water partition coefficient (Wildman–Crippen LogP) is 3.36.